The quantitative estimate of drug-likeness (QED) is 0.676. The van der Waals surface area contributed by atoms with Crippen LogP contribution in [0.4, 0.5) is 0 Å². The SMILES string of the molecule is C=CCN1CCN(C(C)C)C(=O)[C@@]12CCN(C(=O)COCC)C2. The summed E-state index contributed by atoms with van der Waals surface area (Å²) in [6.45, 7) is 13.7. The molecule has 0 radical (unpaired) electrons. The van der Waals surface area contributed by atoms with E-state index >= 15 is 0 Å². The lowest BCUT2D eigenvalue weighted by atomic mass is 9.90. The molecule has 130 valence electrons. The lowest BCUT2D eigenvalue weighted by molar-refractivity contribution is -0.153. The molecule has 2 heterocycles. The number of hydrogen-bond acceptors (Lipinski definition) is 4. The summed E-state index contributed by atoms with van der Waals surface area (Å²) < 4.78 is 5.23. The molecule has 2 saturated heterocycles. The average Bonchev–Trinajstić information content (AvgIpc) is 2.96. The van der Waals surface area contributed by atoms with Gasteiger partial charge in [-0.1, -0.05) is 6.08 Å². The van der Waals surface area contributed by atoms with Crippen LogP contribution in [0.1, 0.15) is 27.2 Å². The Balaban J connectivity index is 2.18. The first-order valence-corrected chi connectivity index (χ1v) is 8.48. The van der Waals surface area contributed by atoms with Crippen LogP contribution in [0.2, 0.25) is 0 Å². The summed E-state index contributed by atoms with van der Waals surface area (Å²) in [6, 6.07) is 0.179. The van der Waals surface area contributed by atoms with Crippen molar-refractivity contribution in [2.24, 2.45) is 0 Å². The van der Waals surface area contributed by atoms with E-state index in [1.165, 1.54) is 0 Å². The number of nitrogens with zero attached hydrogens (tertiary/aromatic N) is 3. The molecule has 2 amide bonds. The van der Waals surface area contributed by atoms with Gasteiger partial charge in [-0.3, -0.25) is 14.5 Å². The molecule has 0 N–H and O–H groups in total. The molecule has 0 aromatic rings. The van der Waals surface area contributed by atoms with Crippen LogP contribution in [0.15, 0.2) is 12.7 Å². The number of rotatable bonds is 6. The molecule has 2 aliphatic rings. The molecular formula is C17H29N3O3. The molecular weight excluding hydrogens is 294 g/mol. The zero-order valence-corrected chi connectivity index (χ0v) is 14.6. The number of carbonyl (C=O) groups excluding carboxylic acids is 2. The van der Waals surface area contributed by atoms with Gasteiger partial charge >= 0.3 is 0 Å². The van der Waals surface area contributed by atoms with Gasteiger partial charge in [0.25, 0.3) is 0 Å². The summed E-state index contributed by atoms with van der Waals surface area (Å²) in [5.41, 5.74) is -0.599. The molecule has 2 rings (SSSR count). The lowest BCUT2D eigenvalue weighted by Gasteiger charge is -2.48. The Labute approximate surface area is 139 Å². The predicted molar refractivity (Wildman–Crippen MR) is 89.0 cm³/mol. The fourth-order valence-electron chi connectivity index (χ4n) is 3.58. The van der Waals surface area contributed by atoms with Gasteiger partial charge in [0.15, 0.2) is 0 Å². The van der Waals surface area contributed by atoms with Crippen molar-refractivity contribution in [3.05, 3.63) is 12.7 Å². The monoisotopic (exact) mass is 323 g/mol. The van der Waals surface area contributed by atoms with Crippen molar-refractivity contribution in [2.75, 3.05) is 45.9 Å². The van der Waals surface area contributed by atoms with Crippen LogP contribution >= 0.6 is 0 Å². The smallest absolute Gasteiger partial charge is 0.248 e. The maximum absolute atomic E-state index is 13.1. The summed E-state index contributed by atoms with van der Waals surface area (Å²) in [5, 5.41) is 0. The highest BCUT2D eigenvalue weighted by molar-refractivity contribution is 5.90. The number of carbonyl (C=O) groups is 2. The van der Waals surface area contributed by atoms with Crippen molar-refractivity contribution in [3.63, 3.8) is 0 Å². The van der Waals surface area contributed by atoms with Gasteiger partial charge in [-0.05, 0) is 27.2 Å². The first kappa shape index (κ1) is 17.9. The molecule has 2 aliphatic heterocycles. The zero-order chi connectivity index (χ0) is 17.0. The number of likely N-dealkylation sites (tertiary alicyclic amines) is 1. The average molecular weight is 323 g/mol. The molecule has 0 aromatic heterocycles. The fraction of sp³-hybridized carbons (Fsp3) is 0.765. The molecule has 0 saturated carbocycles. The predicted octanol–water partition coefficient (Wildman–Crippen LogP) is 0.733. The Morgan fingerprint density at radius 3 is 2.74 bits per heavy atom. The van der Waals surface area contributed by atoms with E-state index in [0.717, 1.165) is 13.1 Å². The molecule has 0 aromatic carbocycles. The summed E-state index contributed by atoms with van der Waals surface area (Å²) in [5.74, 6) is 0.115. The van der Waals surface area contributed by atoms with Crippen LogP contribution in [0.5, 0.6) is 0 Å². The van der Waals surface area contributed by atoms with E-state index in [-0.39, 0.29) is 24.5 Å². The Morgan fingerprint density at radius 2 is 2.13 bits per heavy atom. The van der Waals surface area contributed by atoms with Crippen LogP contribution in [-0.4, -0.2) is 84.0 Å². The molecule has 23 heavy (non-hydrogen) atoms. The third-order valence-electron chi connectivity index (χ3n) is 4.88. The molecule has 0 bridgehead atoms. The number of hydrogen-bond donors (Lipinski definition) is 0. The van der Waals surface area contributed by atoms with Gasteiger partial charge in [0.1, 0.15) is 12.1 Å². The third kappa shape index (κ3) is 3.43. The highest BCUT2D eigenvalue weighted by atomic mass is 16.5. The van der Waals surface area contributed by atoms with Crippen LogP contribution in [0.3, 0.4) is 0 Å². The van der Waals surface area contributed by atoms with Crippen molar-refractivity contribution >= 4 is 11.8 Å². The number of ether oxygens (including phenoxy) is 1. The highest BCUT2D eigenvalue weighted by Gasteiger charge is 2.53. The van der Waals surface area contributed by atoms with Gasteiger partial charge in [-0.15, -0.1) is 6.58 Å². The molecule has 1 atom stereocenters. The second kappa shape index (κ2) is 7.45. The van der Waals surface area contributed by atoms with Crippen LogP contribution in [0.25, 0.3) is 0 Å². The van der Waals surface area contributed by atoms with Crippen molar-refractivity contribution in [1.82, 2.24) is 14.7 Å². The highest BCUT2D eigenvalue weighted by Crippen LogP contribution is 2.33. The molecule has 6 nitrogen and oxygen atoms in total. The molecule has 0 unspecified atom stereocenters. The normalized spacial score (nSPS) is 25.7. The lowest BCUT2D eigenvalue weighted by Crippen LogP contribution is -2.68. The van der Waals surface area contributed by atoms with Crippen LogP contribution in [-0.2, 0) is 14.3 Å². The van der Waals surface area contributed by atoms with Gasteiger partial charge in [-0.2, -0.15) is 0 Å². The van der Waals surface area contributed by atoms with Crippen LogP contribution < -0.4 is 0 Å². The first-order chi connectivity index (χ1) is 11.0. The summed E-state index contributed by atoms with van der Waals surface area (Å²) in [6.07, 6.45) is 2.52. The van der Waals surface area contributed by atoms with E-state index in [1.807, 2.05) is 31.7 Å². The Kier molecular flexibility index (Phi) is 5.81. The second-order valence-electron chi connectivity index (χ2n) is 6.56. The largest absolute Gasteiger partial charge is 0.372 e. The van der Waals surface area contributed by atoms with Crippen LogP contribution in [0, 0.1) is 0 Å². The van der Waals surface area contributed by atoms with E-state index in [1.54, 1.807) is 4.90 Å². The topological polar surface area (TPSA) is 53.1 Å². The summed E-state index contributed by atoms with van der Waals surface area (Å²) in [4.78, 5) is 31.3. The summed E-state index contributed by atoms with van der Waals surface area (Å²) >= 11 is 0. The fourth-order valence-corrected chi connectivity index (χ4v) is 3.58. The molecule has 2 fully saturated rings. The minimum absolute atomic E-state index is 0.0308. The van der Waals surface area contributed by atoms with Crippen molar-refractivity contribution < 1.29 is 14.3 Å². The third-order valence-corrected chi connectivity index (χ3v) is 4.88. The maximum Gasteiger partial charge on any atom is 0.248 e. The summed E-state index contributed by atoms with van der Waals surface area (Å²) in [7, 11) is 0. The standard InChI is InChI=1S/C17H29N3O3/c1-5-8-19-10-11-20(14(3)4)16(22)17(19)7-9-18(13-17)15(21)12-23-6-2/h5,14H,1,6-13H2,2-4H3/t17-/m0/s1. The minimum atomic E-state index is -0.599. The van der Waals surface area contributed by atoms with Gasteiger partial charge < -0.3 is 14.5 Å². The van der Waals surface area contributed by atoms with E-state index in [4.69, 9.17) is 4.74 Å². The van der Waals surface area contributed by atoms with Crippen molar-refractivity contribution in [2.45, 2.75) is 38.8 Å². The van der Waals surface area contributed by atoms with E-state index in [2.05, 4.69) is 11.5 Å². The van der Waals surface area contributed by atoms with Gasteiger partial charge in [0.05, 0.1) is 0 Å². The zero-order valence-electron chi connectivity index (χ0n) is 14.6. The first-order valence-electron chi connectivity index (χ1n) is 8.48. The number of amides is 2. The Morgan fingerprint density at radius 1 is 1.39 bits per heavy atom. The molecule has 6 heteroatoms. The Hall–Kier alpha value is -1.40. The number of piperazine rings is 1. The van der Waals surface area contributed by atoms with Crippen molar-refractivity contribution in [3.8, 4) is 0 Å². The second-order valence-corrected chi connectivity index (χ2v) is 6.56. The van der Waals surface area contributed by atoms with Gasteiger partial charge in [-0.25, -0.2) is 0 Å². The molecule has 1 spiro atoms. The van der Waals surface area contributed by atoms with Crippen molar-refractivity contribution in [1.29, 1.82) is 0 Å². The van der Waals surface area contributed by atoms with E-state index < -0.39 is 5.54 Å². The Bertz CT molecular complexity index is 466. The maximum atomic E-state index is 13.1. The van der Waals surface area contributed by atoms with Gasteiger partial charge in [0.2, 0.25) is 11.8 Å². The minimum Gasteiger partial charge on any atom is -0.372 e. The van der Waals surface area contributed by atoms with E-state index in [0.29, 0.717) is 32.7 Å². The molecule has 0 aliphatic carbocycles. The van der Waals surface area contributed by atoms with E-state index in [9.17, 15) is 9.59 Å². The van der Waals surface area contributed by atoms with Gasteiger partial charge in [0, 0.05) is 45.4 Å².